The summed E-state index contributed by atoms with van der Waals surface area (Å²) in [5.41, 5.74) is 9.60. The van der Waals surface area contributed by atoms with Gasteiger partial charge in [0.1, 0.15) is 0 Å². The number of rotatable bonds is 3. The Balaban J connectivity index is 1.35. The van der Waals surface area contributed by atoms with Gasteiger partial charge in [-0.25, -0.2) is 0 Å². The molecule has 0 aliphatic carbocycles. The van der Waals surface area contributed by atoms with Crippen molar-refractivity contribution in [1.82, 2.24) is 9.13 Å². The lowest BCUT2D eigenvalue weighted by atomic mass is 10.0. The SMILES string of the molecule is c1ccc(-n2c3cc4ccccc4cc3c3ccc4c5ccccc5n(-c5cccc(-c6ccc7ccccc7c6)c5)c4c32)cc1. The van der Waals surface area contributed by atoms with Crippen LogP contribution in [0.2, 0.25) is 0 Å². The van der Waals surface area contributed by atoms with Crippen molar-refractivity contribution in [2.45, 2.75) is 0 Å². The van der Waals surface area contributed by atoms with Crippen molar-refractivity contribution < 1.29 is 0 Å². The second-order valence-electron chi connectivity index (χ2n) is 12.2. The monoisotopic (exact) mass is 584 g/mol. The van der Waals surface area contributed by atoms with E-state index in [0.29, 0.717) is 0 Å². The molecule has 0 bridgehead atoms. The quantitative estimate of drug-likeness (QED) is 0.195. The normalized spacial score (nSPS) is 11.9. The molecule has 0 radical (unpaired) electrons. The summed E-state index contributed by atoms with van der Waals surface area (Å²) in [7, 11) is 0. The minimum Gasteiger partial charge on any atom is -0.307 e. The number of nitrogens with zero attached hydrogens (tertiary/aromatic N) is 2. The van der Waals surface area contributed by atoms with Crippen molar-refractivity contribution in [3.63, 3.8) is 0 Å². The Labute approximate surface area is 266 Å². The highest BCUT2D eigenvalue weighted by Crippen LogP contribution is 2.43. The zero-order valence-electron chi connectivity index (χ0n) is 25.1. The first-order chi connectivity index (χ1) is 22.8. The molecule has 46 heavy (non-hydrogen) atoms. The van der Waals surface area contributed by atoms with E-state index in [1.165, 1.54) is 76.3 Å². The van der Waals surface area contributed by atoms with Crippen molar-refractivity contribution in [2.24, 2.45) is 0 Å². The number of aromatic nitrogens is 2. The summed E-state index contributed by atoms with van der Waals surface area (Å²) in [5.74, 6) is 0. The summed E-state index contributed by atoms with van der Waals surface area (Å²) in [4.78, 5) is 0. The molecule has 0 saturated carbocycles. The van der Waals surface area contributed by atoms with E-state index >= 15 is 0 Å². The number of fused-ring (bicyclic) bond motifs is 9. The molecule has 0 aliphatic rings. The minimum atomic E-state index is 1.15. The molecule has 2 heteroatoms. The van der Waals surface area contributed by atoms with Crippen LogP contribution in [0.3, 0.4) is 0 Å². The zero-order chi connectivity index (χ0) is 30.2. The average molecular weight is 585 g/mol. The van der Waals surface area contributed by atoms with Crippen LogP contribution in [-0.4, -0.2) is 9.13 Å². The number of benzene rings is 8. The minimum absolute atomic E-state index is 1.15. The first-order valence-corrected chi connectivity index (χ1v) is 15.9. The first kappa shape index (κ1) is 25.2. The standard InChI is InChI=1S/C44H28N2/c1-2-16-35(17-3-1)45-42-28-33-14-7-6-13-32(33)27-40(42)39-24-23-38-37-19-8-9-20-41(37)46(43(38)44(39)45)36-18-10-15-31(26-36)34-22-21-29-11-4-5-12-30(29)25-34/h1-28H. The van der Waals surface area contributed by atoms with Crippen molar-refractivity contribution >= 4 is 65.2 Å². The van der Waals surface area contributed by atoms with E-state index in [-0.39, 0.29) is 0 Å². The van der Waals surface area contributed by atoms with E-state index in [9.17, 15) is 0 Å². The smallest absolute Gasteiger partial charge is 0.0788 e. The van der Waals surface area contributed by atoms with Crippen LogP contribution in [-0.2, 0) is 0 Å². The molecular weight excluding hydrogens is 556 g/mol. The highest BCUT2D eigenvalue weighted by atomic mass is 15.0. The van der Waals surface area contributed by atoms with Gasteiger partial charge in [-0.15, -0.1) is 0 Å². The predicted molar refractivity (Wildman–Crippen MR) is 196 cm³/mol. The largest absolute Gasteiger partial charge is 0.307 e. The van der Waals surface area contributed by atoms with Gasteiger partial charge in [0.15, 0.2) is 0 Å². The lowest BCUT2D eigenvalue weighted by Gasteiger charge is -2.14. The van der Waals surface area contributed by atoms with Crippen LogP contribution in [0, 0.1) is 0 Å². The molecule has 2 nitrogen and oxygen atoms in total. The maximum Gasteiger partial charge on any atom is 0.0788 e. The van der Waals surface area contributed by atoms with Gasteiger partial charge in [-0.2, -0.15) is 0 Å². The highest BCUT2D eigenvalue weighted by molar-refractivity contribution is 6.25. The van der Waals surface area contributed by atoms with E-state index in [0.717, 1.165) is 11.4 Å². The van der Waals surface area contributed by atoms with E-state index in [1.54, 1.807) is 0 Å². The molecule has 10 rings (SSSR count). The van der Waals surface area contributed by atoms with Crippen LogP contribution in [0.5, 0.6) is 0 Å². The molecular formula is C44H28N2. The molecule has 10 aromatic rings. The van der Waals surface area contributed by atoms with Gasteiger partial charge in [0, 0.05) is 32.9 Å². The molecule has 0 saturated heterocycles. The molecule has 214 valence electrons. The van der Waals surface area contributed by atoms with E-state index in [2.05, 4.69) is 179 Å². The third-order valence-electron chi connectivity index (χ3n) is 9.63. The molecule has 2 heterocycles. The van der Waals surface area contributed by atoms with Crippen molar-refractivity contribution in [3.8, 4) is 22.5 Å². The zero-order valence-corrected chi connectivity index (χ0v) is 25.1. The van der Waals surface area contributed by atoms with Gasteiger partial charge in [-0.1, -0.05) is 121 Å². The van der Waals surface area contributed by atoms with Gasteiger partial charge >= 0.3 is 0 Å². The van der Waals surface area contributed by atoms with Gasteiger partial charge in [-0.05, 0) is 81.2 Å². The van der Waals surface area contributed by atoms with E-state index in [1.807, 2.05) is 0 Å². The Hall–Kier alpha value is -6.12. The summed E-state index contributed by atoms with van der Waals surface area (Å²) in [6.07, 6.45) is 0. The van der Waals surface area contributed by atoms with Gasteiger partial charge in [-0.3, -0.25) is 0 Å². The van der Waals surface area contributed by atoms with Crippen LogP contribution >= 0.6 is 0 Å². The Morgan fingerprint density at radius 2 is 0.870 bits per heavy atom. The number of hydrogen-bond acceptors (Lipinski definition) is 0. The highest BCUT2D eigenvalue weighted by Gasteiger charge is 2.21. The first-order valence-electron chi connectivity index (χ1n) is 15.9. The van der Waals surface area contributed by atoms with Crippen molar-refractivity contribution in [1.29, 1.82) is 0 Å². The maximum atomic E-state index is 2.48. The number of hydrogen-bond donors (Lipinski definition) is 0. The Kier molecular flexibility index (Phi) is 5.31. The second-order valence-corrected chi connectivity index (χ2v) is 12.2. The summed E-state index contributed by atoms with van der Waals surface area (Å²) < 4.78 is 4.96. The van der Waals surface area contributed by atoms with E-state index in [4.69, 9.17) is 0 Å². The lowest BCUT2D eigenvalue weighted by Crippen LogP contribution is -1.99. The molecule has 0 amide bonds. The van der Waals surface area contributed by atoms with Gasteiger partial charge in [0.05, 0.1) is 22.1 Å². The Morgan fingerprint density at radius 3 is 1.67 bits per heavy atom. The van der Waals surface area contributed by atoms with Crippen LogP contribution in [0.15, 0.2) is 170 Å². The summed E-state index contributed by atoms with van der Waals surface area (Å²) in [6, 6.07) is 62.1. The van der Waals surface area contributed by atoms with Crippen LogP contribution in [0.4, 0.5) is 0 Å². The van der Waals surface area contributed by atoms with Crippen LogP contribution in [0.1, 0.15) is 0 Å². The van der Waals surface area contributed by atoms with E-state index < -0.39 is 0 Å². The van der Waals surface area contributed by atoms with Crippen LogP contribution < -0.4 is 0 Å². The van der Waals surface area contributed by atoms with Crippen molar-refractivity contribution in [2.75, 3.05) is 0 Å². The molecule has 0 N–H and O–H groups in total. The summed E-state index contributed by atoms with van der Waals surface area (Å²) in [5, 5.41) is 10.0. The van der Waals surface area contributed by atoms with Crippen molar-refractivity contribution in [3.05, 3.63) is 170 Å². The average Bonchev–Trinajstić information content (AvgIpc) is 3.63. The molecule has 0 aliphatic heterocycles. The molecule has 8 aromatic carbocycles. The van der Waals surface area contributed by atoms with Gasteiger partial charge < -0.3 is 9.13 Å². The molecule has 0 spiro atoms. The molecule has 0 atom stereocenters. The Morgan fingerprint density at radius 1 is 0.283 bits per heavy atom. The lowest BCUT2D eigenvalue weighted by molar-refractivity contribution is 1.15. The fraction of sp³-hybridized carbons (Fsp3) is 0. The molecule has 0 fully saturated rings. The Bertz CT molecular complexity index is 2800. The van der Waals surface area contributed by atoms with Gasteiger partial charge in [0.2, 0.25) is 0 Å². The molecule has 0 unspecified atom stereocenters. The summed E-state index contributed by atoms with van der Waals surface area (Å²) in [6.45, 7) is 0. The fourth-order valence-electron chi connectivity index (χ4n) is 7.54. The third-order valence-corrected chi connectivity index (χ3v) is 9.63. The van der Waals surface area contributed by atoms with Gasteiger partial charge in [0.25, 0.3) is 0 Å². The van der Waals surface area contributed by atoms with Crippen LogP contribution in [0.25, 0.3) is 87.7 Å². The second kappa shape index (κ2) is 9.69. The topological polar surface area (TPSA) is 9.86 Å². The number of para-hydroxylation sites is 2. The summed E-state index contributed by atoms with van der Waals surface area (Å²) >= 11 is 0. The maximum absolute atomic E-state index is 2.48. The predicted octanol–water partition coefficient (Wildman–Crippen LogP) is 11.9. The fourth-order valence-corrected chi connectivity index (χ4v) is 7.54. The third kappa shape index (κ3) is 3.65. The molecule has 2 aromatic heterocycles.